The van der Waals surface area contributed by atoms with E-state index >= 15 is 0 Å². The first kappa shape index (κ1) is 10.8. The molecular formula is C10H13BrN2O2. The molecule has 0 aromatic carbocycles. The number of hydrogen-bond acceptors (Lipinski definition) is 3. The molecule has 4 nitrogen and oxygen atoms in total. The molecular weight excluding hydrogens is 260 g/mol. The Morgan fingerprint density at radius 2 is 2.40 bits per heavy atom. The van der Waals surface area contributed by atoms with Gasteiger partial charge in [-0.25, -0.2) is 4.99 Å². The summed E-state index contributed by atoms with van der Waals surface area (Å²) in [7, 11) is 0. The Morgan fingerprint density at radius 1 is 1.67 bits per heavy atom. The van der Waals surface area contributed by atoms with Gasteiger partial charge in [0.1, 0.15) is 5.84 Å². The maximum Gasteiger partial charge on any atom is 0.307 e. The Bertz CT molecular complexity index is 349. The van der Waals surface area contributed by atoms with E-state index in [4.69, 9.17) is 5.11 Å². The van der Waals surface area contributed by atoms with Crippen molar-refractivity contribution in [3.63, 3.8) is 0 Å². The predicted octanol–water partition coefficient (Wildman–Crippen LogP) is 1.73. The third kappa shape index (κ3) is 2.12. The summed E-state index contributed by atoms with van der Waals surface area (Å²) in [5.41, 5.74) is 0. The molecule has 15 heavy (non-hydrogen) atoms. The standard InChI is InChI=1S/C10H13BrN2O2/c1-10(11)4-12-8(13-5-10)6-2-3-7(6)9(14)15/h4,6-7H,2-3,5H2,1H3,(H,14,15). The molecule has 1 fully saturated rings. The molecule has 82 valence electrons. The van der Waals surface area contributed by atoms with Gasteiger partial charge >= 0.3 is 5.97 Å². The lowest BCUT2D eigenvalue weighted by Gasteiger charge is -2.34. The van der Waals surface area contributed by atoms with Crippen molar-refractivity contribution in [1.29, 1.82) is 0 Å². The molecule has 0 radical (unpaired) electrons. The van der Waals surface area contributed by atoms with Gasteiger partial charge in [0.05, 0.1) is 16.8 Å². The average molecular weight is 273 g/mol. The Hall–Kier alpha value is -0.710. The van der Waals surface area contributed by atoms with Gasteiger partial charge in [-0.15, -0.1) is 0 Å². The fourth-order valence-corrected chi connectivity index (χ4v) is 2.06. The second-order valence-corrected chi connectivity index (χ2v) is 6.15. The van der Waals surface area contributed by atoms with Gasteiger partial charge in [-0.05, 0) is 19.8 Å². The summed E-state index contributed by atoms with van der Waals surface area (Å²) in [4.78, 5) is 19.4. The maximum absolute atomic E-state index is 10.8. The summed E-state index contributed by atoms with van der Waals surface area (Å²) in [6.45, 7) is 2.63. The topological polar surface area (TPSA) is 62.0 Å². The summed E-state index contributed by atoms with van der Waals surface area (Å²) in [5.74, 6) is -0.259. The van der Waals surface area contributed by atoms with E-state index in [2.05, 4.69) is 25.9 Å². The second kappa shape index (κ2) is 3.70. The fourth-order valence-electron chi connectivity index (χ4n) is 1.84. The van der Waals surface area contributed by atoms with Crippen LogP contribution in [0.2, 0.25) is 0 Å². The van der Waals surface area contributed by atoms with Crippen LogP contribution in [0.25, 0.3) is 0 Å². The monoisotopic (exact) mass is 272 g/mol. The molecule has 0 spiro atoms. The van der Waals surface area contributed by atoms with Gasteiger partial charge in [0.2, 0.25) is 0 Å². The van der Waals surface area contributed by atoms with E-state index in [1.54, 1.807) is 0 Å². The highest BCUT2D eigenvalue weighted by Gasteiger charge is 2.40. The lowest BCUT2D eigenvalue weighted by atomic mass is 9.73. The van der Waals surface area contributed by atoms with Crippen molar-refractivity contribution in [3.8, 4) is 0 Å². The average Bonchev–Trinajstić information content (AvgIpc) is 2.05. The molecule has 1 saturated carbocycles. The number of aliphatic imine (C=N–C) groups is 2. The van der Waals surface area contributed by atoms with Crippen LogP contribution in [-0.2, 0) is 4.79 Å². The molecule has 1 aliphatic heterocycles. The molecule has 2 aliphatic rings. The number of alkyl halides is 1. The van der Waals surface area contributed by atoms with Gasteiger partial charge in [-0.2, -0.15) is 0 Å². The van der Waals surface area contributed by atoms with Crippen molar-refractivity contribution in [2.24, 2.45) is 21.8 Å². The van der Waals surface area contributed by atoms with Crippen LogP contribution in [0.5, 0.6) is 0 Å². The van der Waals surface area contributed by atoms with Crippen LogP contribution < -0.4 is 0 Å². The first-order chi connectivity index (χ1) is 6.99. The zero-order valence-corrected chi connectivity index (χ0v) is 10.1. The number of rotatable bonds is 2. The van der Waals surface area contributed by atoms with Crippen LogP contribution in [0.15, 0.2) is 9.98 Å². The smallest absolute Gasteiger partial charge is 0.307 e. The van der Waals surface area contributed by atoms with E-state index in [1.165, 1.54) is 0 Å². The summed E-state index contributed by atoms with van der Waals surface area (Å²) < 4.78 is -0.168. The van der Waals surface area contributed by atoms with Gasteiger partial charge in [0.15, 0.2) is 0 Å². The van der Waals surface area contributed by atoms with Crippen LogP contribution >= 0.6 is 15.9 Å². The quantitative estimate of drug-likeness (QED) is 0.779. The number of aliphatic carboxylic acids is 1. The Morgan fingerprint density at radius 3 is 2.80 bits per heavy atom. The lowest BCUT2D eigenvalue weighted by Crippen LogP contribution is -2.40. The van der Waals surface area contributed by atoms with E-state index < -0.39 is 5.97 Å². The second-order valence-electron chi connectivity index (χ2n) is 4.34. The highest BCUT2D eigenvalue weighted by molar-refractivity contribution is 9.10. The number of hydrogen-bond donors (Lipinski definition) is 1. The highest BCUT2D eigenvalue weighted by atomic mass is 79.9. The van der Waals surface area contributed by atoms with Gasteiger partial charge < -0.3 is 5.11 Å². The lowest BCUT2D eigenvalue weighted by molar-refractivity contribution is -0.146. The first-order valence-electron chi connectivity index (χ1n) is 5.01. The van der Waals surface area contributed by atoms with Crippen molar-refractivity contribution in [2.45, 2.75) is 24.1 Å². The van der Waals surface area contributed by atoms with Crippen LogP contribution in [-0.4, -0.2) is 34.0 Å². The number of carbonyl (C=O) groups is 1. The van der Waals surface area contributed by atoms with E-state index in [-0.39, 0.29) is 16.2 Å². The zero-order chi connectivity index (χ0) is 11.1. The molecule has 0 amide bonds. The van der Waals surface area contributed by atoms with Gasteiger partial charge in [-0.1, -0.05) is 15.9 Å². The highest BCUT2D eigenvalue weighted by Crippen LogP contribution is 2.37. The maximum atomic E-state index is 10.8. The van der Waals surface area contributed by atoms with E-state index in [1.807, 2.05) is 13.1 Å². The van der Waals surface area contributed by atoms with Crippen LogP contribution in [0, 0.1) is 11.8 Å². The van der Waals surface area contributed by atoms with Crippen LogP contribution in [0.3, 0.4) is 0 Å². The molecule has 1 N–H and O–H groups in total. The number of nitrogens with zero attached hydrogens (tertiary/aromatic N) is 2. The predicted molar refractivity (Wildman–Crippen MR) is 62.0 cm³/mol. The third-order valence-electron chi connectivity index (χ3n) is 2.94. The normalized spacial score (nSPS) is 39.5. The van der Waals surface area contributed by atoms with Crippen LogP contribution in [0.1, 0.15) is 19.8 Å². The summed E-state index contributed by atoms with van der Waals surface area (Å²) in [6.07, 6.45) is 3.46. The Labute approximate surface area is 96.6 Å². The van der Waals surface area contributed by atoms with E-state index in [0.29, 0.717) is 12.4 Å². The minimum absolute atomic E-state index is 0.0300. The van der Waals surface area contributed by atoms with Crippen molar-refractivity contribution < 1.29 is 9.90 Å². The Kier molecular flexibility index (Phi) is 2.66. The molecule has 1 aliphatic carbocycles. The van der Waals surface area contributed by atoms with Crippen molar-refractivity contribution in [1.82, 2.24) is 0 Å². The third-order valence-corrected chi connectivity index (χ3v) is 3.39. The summed E-state index contributed by atoms with van der Waals surface area (Å²) >= 11 is 3.48. The minimum Gasteiger partial charge on any atom is -0.481 e. The molecule has 0 aromatic heterocycles. The van der Waals surface area contributed by atoms with Crippen molar-refractivity contribution in [2.75, 3.05) is 6.54 Å². The molecule has 0 aromatic rings. The number of amidine groups is 1. The van der Waals surface area contributed by atoms with Gasteiger partial charge in [-0.3, -0.25) is 9.79 Å². The van der Waals surface area contributed by atoms with Crippen LogP contribution in [0.4, 0.5) is 0 Å². The molecule has 1 heterocycles. The van der Waals surface area contributed by atoms with Crippen molar-refractivity contribution in [3.05, 3.63) is 0 Å². The summed E-state index contributed by atoms with van der Waals surface area (Å²) in [5, 5.41) is 8.92. The largest absolute Gasteiger partial charge is 0.481 e. The van der Waals surface area contributed by atoms with Crippen molar-refractivity contribution >= 4 is 33.9 Å². The number of halogens is 1. The first-order valence-corrected chi connectivity index (χ1v) is 5.80. The zero-order valence-electron chi connectivity index (χ0n) is 8.48. The fraction of sp³-hybridized carbons (Fsp3) is 0.700. The van der Waals surface area contributed by atoms with E-state index in [9.17, 15) is 4.79 Å². The number of carboxylic acids is 1. The van der Waals surface area contributed by atoms with E-state index in [0.717, 1.165) is 12.8 Å². The molecule has 3 atom stereocenters. The minimum atomic E-state index is -0.726. The Balaban J connectivity index is 2.05. The van der Waals surface area contributed by atoms with Gasteiger partial charge in [0.25, 0.3) is 0 Å². The number of carboxylic acid groups (broad SMARTS) is 1. The van der Waals surface area contributed by atoms with Gasteiger partial charge in [0, 0.05) is 12.1 Å². The molecule has 3 unspecified atom stereocenters. The molecule has 0 bridgehead atoms. The summed E-state index contributed by atoms with van der Waals surface area (Å²) in [6, 6.07) is 0. The molecule has 0 saturated heterocycles. The molecule has 5 heteroatoms. The molecule has 2 rings (SSSR count). The SMILES string of the molecule is CC1(Br)C=NC(C2CCC2C(=O)O)=NC1.